The van der Waals surface area contributed by atoms with Crippen LogP contribution >= 0.6 is 0 Å². The van der Waals surface area contributed by atoms with Crippen LogP contribution in [-0.4, -0.2) is 43.5 Å². The molecule has 0 aromatic heterocycles. The molecule has 0 radical (unpaired) electrons. The summed E-state index contributed by atoms with van der Waals surface area (Å²) in [5, 5.41) is 3.10. The van der Waals surface area contributed by atoms with E-state index in [4.69, 9.17) is 5.73 Å². The molecule has 0 bridgehead atoms. The summed E-state index contributed by atoms with van der Waals surface area (Å²) in [5.41, 5.74) is 5.76. The highest BCUT2D eigenvalue weighted by molar-refractivity contribution is 5.79. The Hall–Kier alpha value is -0.610. The van der Waals surface area contributed by atoms with Crippen molar-refractivity contribution in [3.05, 3.63) is 0 Å². The van der Waals surface area contributed by atoms with Crippen molar-refractivity contribution < 1.29 is 4.79 Å². The van der Waals surface area contributed by atoms with Gasteiger partial charge in [-0.25, -0.2) is 0 Å². The molecule has 0 aromatic rings. The van der Waals surface area contributed by atoms with Crippen LogP contribution in [0.5, 0.6) is 0 Å². The fourth-order valence-electron chi connectivity index (χ4n) is 2.43. The van der Waals surface area contributed by atoms with Gasteiger partial charge in [0.25, 0.3) is 0 Å². The highest BCUT2D eigenvalue weighted by Gasteiger charge is 2.31. The third-order valence-electron chi connectivity index (χ3n) is 4.45. The number of nitrogens with one attached hydrogen (secondary N) is 1. The molecule has 0 saturated heterocycles. The summed E-state index contributed by atoms with van der Waals surface area (Å²) in [4.78, 5) is 14.4. The first-order chi connectivity index (χ1) is 8.38. The first kappa shape index (κ1) is 15.4. The monoisotopic (exact) mass is 255 g/mol. The second-order valence-electron chi connectivity index (χ2n) is 6.31. The van der Waals surface area contributed by atoms with Crippen molar-refractivity contribution in [3.63, 3.8) is 0 Å². The smallest absolute Gasteiger partial charge is 0.223 e. The number of likely N-dealkylation sites (N-methyl/N-ethyl adjacent to an activating group) is 1. The molecule has 1 amide bonds. The van der Waals surface area contributed by atoms with Gasteiger partial charge in [-0.3, -0.25) is 4.79 Å². The minimum Gasteiger partial charge on any atom is -0.354 e. The normalized spacial score (nSPS) is 25.2. The Balaban J connectivity index is 2.49. The quantitative estimate of drug-likeness (QED) is 0.776. The van der Waals surface area contributed by atoms with Crippen molar-refractivity contribution in [3.8, 4) is 0 Å². The molecule has 0 spiro atoms. The molecule has 2 atom stereocenters. The van der Waals surface area contributed by atoms with Crippen molar-refractivity contribution in [2.24, 2.45) is 17.6 Å². The van der Waals surface area contributed by atoms with Gasteiger partial charge in [-0.1, -0.05) is 12.8 Å². The maximum absolute atomic E-state index is 12.3. The lowest BCUT2D eigenvalue weighted by molar-refractivity contribution is -0.128. The molecule has 4 nitrogen and oxygen atoms in total. The van der Waals surface area contributed by atoms with E-state index < -0.39 is 0 Å². The van der Waals surface area contributed by atoms with Gasteiger partial charge < -0.3 is 16.0 Å². The summed E-state index contributed by atoms with van der Waals surface area (Å²) in [6.45, 7) is 5.59. The zero-order valence-corrected chi connectivity index (χ0v) is 12.3. The van der Waals surface area contributed by atoms with Crippen LogP contribution in [0.15, 0.2) is 0 Å². The maximum Gasteiger partial charge on any atom is 0.223 e. The molecule has 0 heterocycles. The zero-order valence-electron chi connectivity index (χ0n) is 12.3. The van der Waals surface area contributed by atoms with Crippen molar-refractivity contribution in [1.82, 2.24) is 10.2 Å². The molecule has 0 aliphatic heterocycles. The Morgan fingerprint density at radius 1 is 1.33 bits per heavy atom. The first-order valence-corrected chi connectivity index (χ1v) is 7.03. The molecule has 3 N–H and O–H groups in total. The third kappa shape index (κ3) is 3.95. The number of hydrogen-bond donors (Lipinski definition) is 2. The van der Waals surface area contributed by atoms with E-state index in [1.807, 2.05) is 14.1 Å². The van der Waals surface area contributed by atoms with E-state index in [9.17, 15) is 4.79 Å². The highest BCUT2D eigenvalue weighted by Crippen LogP contribution is 2.29. The van der Waals surface area contributed by atoms with E-state index in [0.29, 0.717) is 19.0 Å². The Morgan fingerprint density at radius 2 is 1.94 bits per heavy atom. The first-order valence-electron chi connectivity index (χ1n) is 7.03. The standard InChI is InChI=1S/C14H29N3O/c1-14(2,17(3)4)10-16-13(18)12-8-6-5-7-11(12)9-15/h11-12H,5-10,15H2,1-4H3,(H,16,18). The van der Waals surface area contributed by atoms with E-state index in [-0.39, 0.29) is 17.4 Å². The molecule has 1 rings (SSSR count). The second-order valence-corrected chi connectivity index (χ2v) is 6.31. The Bertz CT molecular complexity index is 276. The van der Waals surface area contributed by atoms with Crippen LogP contribution in [0.4, 0.5) is 0 Å². The number of carbonyl (C=O) groups is 1. The van der Waals surface area contributed by atoms with Crippen LogP contribution in [0.2, 0.25) is 0 Å². The number of amides is 1. The molecule has 2 unspecified atom stereocenters. The summed E-state index contributed by atoms with van der Waals surface area (Å²) in [6.07, 6.45) is 4.47. The number of hydrogen-bond acceptors (Lipinski definition) is 3. The topological polar surface area (TPSA) is 58.4 Å². The maximum atomic E-state index is 12.3. The van der Waals surface area contributed by atoms with Gasteiger partial charge in [-0.05, 0) is 53.2 Å². The number of rotatable bonds is 5. The molecule has 0 aromatic carbocycles. The average Bonchev–Trinajstić information content (AvgIpc) is 2.35. The predicted molar refractivity (Wildman–Crippen MR) is 75.3 cm³/mol. The number of nitrogens with two attached hydrogens (primary N) is 1. The van der Waals surface area contributed by atoms with Gasteiger partial charge in [0, 0.05) is 18.0 Å². The van der Waals surface area contributed by atoms with E-state index >= 15 is 0 Å². The lowest BCUT2D eigenvalue weighted by atomic mass is 9.78. The minimum absolute atomic E-state index is 0.0114. The fourth-order valence-corrected chi connectivity index (χ4v) is 2.43. The number of carbonyl (C=O) groups excluding carboxylic acids is 1. The van der Waals surface area contributed by atoms with Gasteiger partial charge in [0.2, 0.25) is 5.91 Å². The summed E-state index contributed by atoms with van der Waals surface area (Å²) in [5.74, 6) is 0.697. The van der Waals surface area contributed by atoms with Crippen LogP contribution in [0.1, 0.15) is 39.5 Å². The Labute approximate surface area is 111 Å². The molecule has 18 heavy (non-hydrogen) atoms. The lowest BCUT2D eigenvalue weighted by Gasteiger charge is -2.35. The van der Waals surface area contributed by atoms with Gasteiger partial charge in [-0.15, -0.1) is 0 Å². The molecule has 1 aliphatic rings. The van der Waals surface area contributed by atoms with Crippen LogP contribution < -0.4 is 11.1 Å². The minimum atomic E-state index is -0.0114. The molecule has 106 valence electrons. The van der Waals surface area contributed by atoms with Gasteiger partial charge in [-0.2, -0.15) is 0 Å². The van der Waals surface area contributed by atoms with Gasteiger partial charge >= 0.3 is 0 Å². The zero-order chi connectivity index (χ0) is 13.8. The van der Waals surface area contributed by atoms with Crippen molar-refractivity contribution >= 4 is 5.91 Å². The van der Waals surface area contributed by atoms with Crippen molar-refractivity contribution in [2.75, 3.05) is 27.2 Å². The summed E-state index contributed by atoms with van der Waals surface area (Å²) >= 11 is 0. The Morgan fingerprint density at radius 3 is 2.50 bits per heavy atom. The summed E-state index contributed by atoms with van der Waals surface area (Å²) < 4.78 is 0. The fraction of sp³-hybridized carbons (Fsp3) is 0.929. The Kier molecular flexibility index (Phi) is 5.60. The van der Waals surface area contributed by atoms with Crippen LogP contribution in [-0.2, 0) is 4.79 Å². The SMILES string of the molecule is CN(C)C(C)(C)CNC(=O)C1CCCCC1CN. The van der Waals surface area contributed by atoms with E-state index in [2.05, 4.69) is 24.1 Å². The van der Waals surface area contributed by atoms with Gasteiger partial charge in [0.15, 0.2) is 0 Å². The predicted octanol–water partition coefficient (Wildman–Crippen LogP) is 1.21. The van der Waals surface area contributed by atoms with Crippen molar-refractivity contribution in [2.45, 2.75) is 45.1 Å². The van der Waals surface area contributed by atoms with Crippen LogP contribution in [0.3, 0.4) is 0 Å². The van der Waals surface area contributed by atoms with Gasteiger partial charge in [0.1, 0.15) is 0 Å². The molecule has 1 saturated carbocycles. The van der Waals surface area contributed by atoms with Crippen LogP contribution in [0, 0.1) is 11.8 Å². The van der Waals surface area contributed by atoms with E-state index in [1.165, 1.54) is 6.42 Å². The van der Waals surface area contributed by atoms with Gasteiger partial charge in [0.05, 0.1) is 0 Å². The third-order valence-corrected chi connectivity index (χ3v) is 4.45. The summed E-state index contributed by atoms with van der Waals surface area (Å²) in [7, 11) is 4.07. The molecule has 4 heteroatoms. The molecular weight excluding hydrogens is 226 g/mol. The average molecular weight is 255 g/mol. The highest BCUT2D eigenvalue weighted by atomic mass is 16.1. The van der Waals surface area contributed by atoms with Crippen molar-refractivity contribution in [1.29, 1.82) is 0 Å². The number of nitrogens with zero attached hydrogens (tertiary/aromatic N) is 1. The molecule has 1 aliphatic carbocycles. The van der Waals surface area contributed by atoms with E-state index in [0.717, 1.165) is 19.3 Å². The summed E-state index contributed by atoms with van der Waals surface area (Å²) in [6, 6.07) is 0. The lowest BCUT2D eigenvalue weighted by Crippen LogP contribution is -2.50. The second kappa shape index (κ2) is 6.53. The van der Waals surface area contributed by atoms with Crippen LogP contribution in [0.25, 0.3) is 0 Å². The largest absolute Gasteiger partial charge is 0.354 e. The van der Waals surface area contributed by atoms with E-state index in [1.54, 1.807) is 0 Å². The molecular formula is C14H29N3O. The molecule has 1 fully saturated rings.